The summed E-state index contributed by atoms with van der Waals surface area (Å²) in [6, 6.07) is 10.3. The number of aromatic nitrogens is 2. The Morgan fingerprint density at radius 2 is 2.04 bits per heavy atom. The molecule has 0 radical (unpaired) electrons. The Hall–Kier alpha value is -2.34. The Labute approximate surface area is 136 Å². The van der Waals surface area contributed by atoms with Gasteiger partial charge in [0.05, 0.1) is 18.5 Å². The van der Waals surface area contributed by atoms with Crippen LogP contribution in [0.1, 0.15) is 12.8 Å². The molecule has 2 N–H and O–H groups in total. The number of anilines is 2. The van der Waals surface area contributed by atoms with E-state index in [1.165, 1.54) is 0 Å². The highest BCUT2D eigenvalue weighted by atomic mass is 16.5. The zero-order chi connectivity index (χ0) is 15.9. The first kappa shape index (κ1) is 15.6. The molecule has 23 heavy (non-hydrogen) atoms. The number of ether oxygens (including phenoxy) is 1. The van der Waals surface area contributed by atoms with Gasteiger partial charge in [-0.05, 0) is 31.0 Å². The quantitative estimate of drug-likeness (QED) is 0.849. The highest BCUT2D eigenvalue weighted by molar-refractivity contribution is 5.44. The van der Waals surface area contributed by atoms with E-state index in [9.17, 15) is 0 Å². The summed E-state index contributed by atoms with van der Waals surface area (Å²) in [5.41, 5.74) is 0.998. The van der Waals surface area contributed by atoms with Crippen molar-refractivity contribution in [3.05, 3.63) is 42.7 Å². The average Bonchev–Trinajstić information content (AvgIpc) is 2.62. The zero-order valence-electron chi connectivity index (χ0n) is 13.1. The lowest BCUT2D eigenvalue weighted by molar-refractivity contribution is 0.196. The van der Waals surface area contributed by atoms with E-state index in [-0.39, 0.29) is 13.2 Å². The summed E-state index contributed by atoms with van der Waals surface area (Å²) < 4.78 is 5.26. The molecule has 122 valence electrons. The molecule has 6 nitrogen and oxygen atoms in total. The number of rotatable bonds is 6. The fraction of sp³-hybridized carbons (Fsp3) is 0.412. The van der Waals surface area contributed by atoms with Crippen LogP contribution in [-0.2, 0) is 0 Å². The summed E-state index contributed by atoms with van der Waals surface area (Å²) in [7, 11) is 0. The Kier molecular flexibility index (Phi) is 5.26. The van der Waals surface area contributed by atoms with Gasteiger partial charge in [0, 0.05) is 31.4 Å². The van der Waals surface area contributed by atoms with Crippen molar-refractivity contribution in [2.75, 3.05) is 36.5 Å². The van der Waals surface area contributed by atoms with Gasteiger partial charge in [0.1, 0.15) is 12.4 Å². The minimum absolute atomic E-state index is 0.00345. The lowest BCUT2D eigenvalue weighted by Gasteiger charge is -2.33. The van der Waals surface area contributed by atoms with Crippen LogP contribution in [0.25, 0.3) is 0 Å². The van der Waals surface area contributed by atoms with E-state index < -0.39 is 0 Å². The van der Waals surface area contributed by atoms with E-state index in [1.807, 2.05) is 30.5 Å². The van der Waals surface area contributed by atoms with E-state index in [2.05, 4.69) is 26.3 Å². The molecular weight excluding hydrogens is 292 g/mol. The normalized spacial score (nSPS) is 15.4. The average molecular weight is 314 g/mol. The molecular formula is C17H22N4O2. The molecule has 2 aromatic rings. The molecule has 0 bridgehead atoms. The standard InChI is InChI=1S/C17H22N4O2/c22-11-12-23-17-5-4-15(13-19-17)20-14-6-9-21(10-7-14)16-3-1-2-8-18-16/h1-5,8,13-14,20,22H,6-7,9-12H2. The Bertz CT molecular complexity index is 583. The van der Waals surface area contributed by atoms with Crippen molar-refractivity contribution in [1.29, 1.82) is 0 Å². The summed E-state index contributed by atoms with van der Waals surface area (Å²) >= 11 is 0. The summed E-state index contributed by atoms with van der Waals surface area (Å²) in [6.07, 6.45) is 5.75. The predicted molar refractivity (Wildman–Crippen MR) is 89.9 cm³/mol. The molecule has 0 unspecified atom stereocenters. The number of pyridine rings is 2. The second kappa shape index (κ2) is 7.78. The van der Waals surface area contributed by atoms with Gasteiger partial charge in [-0.3, -0.25) is 0 Å². The Balaban J connectivity index is 1.49. The van der Waals surface area contributed by atoms with E-state index in [4.69, 9.17) is 9.84 Å². The van der Waals surface area contributed by atoms with E-state index in [1.54, 1.807) is 6.20 Å². The van der Waals surface area contributed by atoms with Gasteiger partial charge in [0.2, 0.25) is 5.88 Å². The molecule has 0 amide bonds. The third kappa shape index (κ3) is 4.32. The minimum atomic E-state index is -0.00345. The maximum atomic E-state index is 8.73. The number of hydrogen-bond acceptors (Lipinski definition) is 6. The highest BCUT2D eigenvalue weighted by Gasteiger charge is 2.19. The molecule has 2 aromatic heterocycles. The van der Waals surface area contributed by atoms with Gasteiger partial charge in [0.25, 0.3) is 0 Å². The first-order valence-corrected chi connectivity index (χ1v) is 7.97. The maximum absolute atomic E-state index is 8.73. The Morgan fingerprint density at radius 3 is 2.70 bits per heavy atom. The lowest BCUT2D eigenvalue weighted by atomic mass is 10.0. The van der Waals surface area contributed by atoms with Crippen molar-refractivity contribution >= 4 is 11.5 Å². The topological polar surface area (TPSA) is 70.5 Å². The lowest BCUT2D eigenvalue weighted by Crippen LogP contribution is -2.39. The molecule has 0 atom stereocenters. The molecule has 0 saturated carbocycles. The van der Waals surface area contributed by atoms with Gasteiger partial charge >= 0.3 is 0 Å². The molecule has 1 aliphatic heterocycles. The molecule has 3 heterocycles. The number of aliphatic hydroxyl groups is 1. The summed E-state index contributed by atoms with van der Waals surface area (Å²) in [6.45, 7) is 2.27. The molecule has 1 saturated heterocycles. The van der Waals surface area contributed by atoms with Gasteiger partial charge in [-0.15, -0.1) is 0 Å². The number of aliphatic hydroxyl groups excluding tert-OH is 1. The SMILES string of the molecule is OCCOc1ccc(NC2CCN(c3ccccn3)CC2)cn1. The second-order valence-corrected chi connectivity index (χ2v) is 5.55. The summed E-state index contributed by atoms with van der Waals surface area (Å²) in [5.74, 6) is 1.59. The third-order valence-corrected chi connectivity index (χ3v) is 3.92. The monoisotopic (exact) mass is 314 g/mol. The first-order valence-electron chi connectivity index (χ1n) is 7.97. The number of nitrogens with zero attached hydrogens (tertiary/aromatic N) is 3. The molecule has 1 aliphatic rings. The fourth-order valence-corrected chi connectivity index (χ4v) is 2.73. The van der Waals surface area contributed by atoms with Crippen LogP contribution in [0.5, 0.6) is 5.88 Å². The van der Waals surface area contributed by atoms with Crippen molar-refractivity contribution in [2.45, 2.75) is 18.9 Å². The van der Waals surface area contributed by atoms with Crippen LogP contribution >= 0.6 is 0 Å². The van der Waals surface area contributed by atoms with Crippen molar-refractivity contribution in [2.24, 2.45) is 0 Å². The van der Waals surface area contributed by atoms with Crippen molar-refractivity contribution in [3.8, 4) is 5.88 Å². The first-order chi connectivity index (χ1) is 11.3. The number of nitrogens with one attached hydrogen (secondary N) is 1. The number of piperidine rings is 1. The van der Waals surface area contributed by atoms with Crippen LogP contribution < -0.4 is 15.0 Å². The van der Waals surface area contributed by atoms with E-state index >= 15 is 0 Å². The largest absolute Gasteiger partial charge is 0.475 e. The smallest absolute Gasteiger partial charge is 0.213 e. The van der Waals surface area contributed by atoms with Crippen LogP contribution in [0.2, 0.25) is 0 Å². The molecule has 0 aromatic carbocycles. The van der Waals surface area contributed by atoms with Crippen molar-refractivity contribution in [3.63, 3.8) is 0 Å². The van der Waals surface area contributed by atoms with Crippen LogP contribution in [0.4, 0.5) is 11.5 Å². The van der Waals surface area contributed by atoms with Crippen molar-refractivity contribution in [1.82, 2.24) is 9.97 Å². The molecule has 1 fully saturated rings. The molecule has 0 spiro atoms. The minimum Gasteiger partial charge on any atom is -0.475 e. The summed E-state index contributed by atoms with van der Waals surface area (Å²) in [5, 5.41) is 12.3. The van der Waals surface area contributed by atoms with Crippen LogP contribution in [0, 0.1) is 0 Å². The van der Waals surface area contributed by atoms with E-state index in [0.29, 0.717) is 11.9 Å². The maximum Gasteiger partial charge on any atom is 0.213 e. The molecule has 6 heteroatoms. The van der Waals surface area contributed by atoms with Gasteiger partial charge in [-0.25, -0.2) is 9.97 Å². The number of hydrogen-bond donors (Lipinski definition) is 2. The third-order valence-electron chi connectivity index (χ3n) is 3.92. The van der Waals surface area contributed by atoms with Crippen LogP contribution in [-0.4, -0.2) is 47.4 Å². The van der Waals surface area contributed by atoms with Gasteiger partial charge in [-0.1, -0.05) is 6.07 Å². The molecule has 0 aliphatic carbocycles. The van der Waals surface area contributed by atoms with Gasteiger partial charge < -0.3 is 20.1 Å². The summed E-state index contributed by atoms with van der Waals surface area (Å²) in [4.78, 5) is 11.0. The van der Waals surface area contributed by atoms with Crippen molar-refractivity contribution < 1.29 is 9.84 Å². The van der Waals surface area contributed by atoms with Crippen LogP contribution in [0.3, 0.4) is 0 Å². The second-order valence-electron chi connectivity index (χ2n) is 5.55. The van der Waals surface area contributed by atoms with Gasteiger partial charge in [-0.2, -0.15) is 0 Å². The van der Waals surface area contributed by atoms with E-state index in [0.717, 1.165) is 37.4 Å². The van der Waals surface area contributed by atoms with Crippen LogP contribution in [0.15, 0.2) is 42.7 Å². The zero-order valence-corrected chi connectivity index (χ0v) is 13.1. The Morgan fingerprint density at radius 1 is 1.17 bits per heavy atom. The predicted octanol–water partition coefficient (Wildman–Crippen LogP) is 1.93. The fourth-order valence-electron chi connectivity index (χ4n) is 2.73. The molecule has 3 rings (SSSR count). The highest BCUT2D eigenvalue weighted by Crippen LogP contribution is 2.20. The van der Waals surface area contributed by atoms with Gasteiger partial charge in [0.15, 0.2) is 0 Å².